The van der Waals surface area contributed by atoms with Crippen molar-refractivity contribution in [1.29, 1.82) is 0 Å². The molecule has 0 radical (unpaired) electrons. The monoisotopic (exact) mass is 288 g/mol. The molecule has 0 aliphatic carbocycles. The average molecular weight is 288 g/mol. The summed E-state index contributed by atoms with van der Waals surface area (Å²) in [6.07, 6.45) is 6.36. The standard InChI is InChI=1S/C13H24N2OS2/c16-13(10-18-11-4-6-14-7-5-11)15-9-12-3-1-2-8-17-12/h11-12,14H,1-10H2,(H,15,16). The molecule has 2 saturated heterocycles. The summed E-state index contributed by atoms with van der Waals surface area (Å²) in [4.78, 5) is 11.8. The second kappa shape index (κ2) is 8.33. The van der Waals surface area contributed by atoms with E-state index in [-0.39, 0.29) is 5.91 Å². The molecular formula is C13H24N2OS2. The molecule has 2 aliphatic rings. The van der Waals surface area contributed by atoms with E-state index >= 15 is 0 Å². The van der Waals surface area contributed by atoms with E-state index in [1.807, 2.05) is 23.5 Å². The minimum atomic E-state index is 0.227. The molecule has 0 aromatic rings. The van der Waals surface area contributed by atoms with E-state index in [0.717, 1.165) is 19.6 Å². The summed E-state index contributed by atoms with van der Waals surface area (Å²) in [5, 5.41) is 7.79. The van der Waals surface area contributed by atoms with Gasteiger partial charge in [0.05, 0.1) is 5.75 Å². The Balaban J connectivity index is 1.54. The van der Waals surface area contributed by atoms with Crippen LogP contribution in [0.1, 0.15) is 32.1 Å². The number of carbonyl (C=O) groups excluding carboxylic acids is 1. The lowest BCUT2D eigenvalue weighted by atomic mass is 10.2. The van der Waals surface area contributed by atoms with Gasteiger partial charge in [0.1, 0.15) is 0 Å². The van der Waals surface area contributed by atoms with Crippen molar-refractivity contribution < 1.29 is 4.79 Å². The van der Waals surface area contributed by atoms with Gasteiger partial charge in [0.25, 0.3) is 0 Å². The minimum Gasteiger partial charge on any atom is -0.354 e. The molecule has 2 heterocycles. The summed E-state index contributed by atoms with van der Waals surface area (Å²) in [5.74, 6) is 2.14. The predicted octanol–water partition coefficient (Wildman–Crippen LogP) is 1.87. The summed E-state index contributed by atoms with van der Waals surface area (Å²) in [7, 11) is 0. The van der Waals surface area contributed by atoms with Crippen LogP contribution in [-0.2, 0) is 4.79 Å². The molecule has 1 amide bonds. The van der Waals surface area contributed by atoms with Gasteiger partial charge in [-0.15, -0.1) is 11.8 Å². The Kier molecular flexibility index (Phi) is 6.73. The summed E-state index contributed by atoms with van der Waals surface area (Å²) < 4.78 is 0. The number of hydrogen-bond acceptors (Lipinski definition) is 4. The van der Waals surface area contributed by atoms with Crippen molar-refractivity contribution in [3.8, 4) is 0 Å². The third kappa shape index (κ3) is 5.41. The van der Waals surface area contributed by atoms with E-state index in [0.29, 0.717) is 16.3 Å². The molecule has 0 aromatic carbocycles. The predicted molar refractivity (Wildman–Crippen MR) is 81.5 cm³/mol. The van der Waals surface area contributed by atoms with Crippen LogP contribution in [0.3, 0.4) is 0 Å². The van der Waals surface area contributed by atoms with Crippen molar-refractivity contribution in [1.82, 2.24) is 10.6 Å². The maximum absolute atomic E-state index is 11.8. The Bertz CT molecular complexity index is 227. The van der Waals surface area contributed by atoms with Gasteiger partial charge in [0, 0.05) is 17.0 Å². The maximum Gasteiger partial charge on any atom is 0.230 e. The number of rotatable bonds is 5. The third-order valence-corrected chi connectivity index (χ3v) is 6.31. The van der Waals surface area contributed by atoms with Crippen LogP contribution in [0.2, 0.25) is 0 Å². The summed E-state index contributed by atoms with van der Waals surface area (Å²) in [6, 6.07) is 0. The Morgan fingerprint density at radius 1 is 1.28 bits per heavy atom. The van der Waals surface area contributed by atoms with Crippen LogP contribution in [-0.4, -0.2) is 47.5 Å². The molecule has 0 bridgehead atoms. The van der Waals surface area contributed by atoms with Gasteiger partial charge in [0.15, 0.2) is 0 Å². The van der Waals surface area contributed by atoms with Gasteiger partial charge in [-0.1, -0.05) is 6.42 Å². The van der Waals surface area contributed by atoms with Crippen LogP contribution in [0, 0.1) is 0 Å². The van der Waals surface area contributed by atoms with E-state index in [1.165, 1.54) is 37.9 Å². The zero-order valence-electron chi connectivity index (χ0n) is 11.0. The third-order valence-electron chi connectivity index (χ3n) is 3.54. The van der Waals surface area contributed by atoms with E-state index in [4.69, 9.17) is 0 Å². The first-order chi connectivity index (χ1) is 8.84. The van der Waals surface area contributed by atoms with Gasteiger partial charge < -0.3 is 10.6 Å². The van der Waals surface area contributed by atoms with E-state index in [9.17, 15) is 4.79 Å². The molecule has 2 fully saturated rings. The summed E-state index contributed by atoms with van der Waals surface area (Å²) >= 11 is 3.85. The summed E-state index contributed by atoms with van der Waals surface area (Å²) in [5.41, 5.74) is 0. The molecular weight excluding hydrogens is 264 g/mol. The van der Waals surface area contributed by atoms with Crippen LogP contribution >= 0.6 is 23.5 Å². The van der Waals surface area contributed by atoms with Gasteiger partial charge in [0.2, 0.25) is 5.91 Å². The minimum absolute atomic E-state index is 0.227. The van der Waals surface area contributed by atoms with Crippen LogP contribution in [0.4, 0.5) is 0 Å². The molecule has 2 N–H and O–H groups in total. The van der Waals surface area contributed by atoms with E-state index < -0.39 is 0 Å². The van der Waals surface area contributed by atoms with Gasteiger partial charge in [-0.3, -0.25) is 4.79 Å². The Morgan fingerprint density at radius 2 is 2.11 bits per heavy atom. The highest BCUT2D eigenvalue weighted by Crippen LogP contribution is 2.24. The van der Waals surface area contributed by atoms with Gasteiger partial charge in [-0.25, -0.2) is 0 Å². The lowest BCUT2D eigenvalue weighted by Gasteiger charge is -2.23. The number of hydrogen-bond donors (Lipinski definition) is 2. The fourth-order valence-electron chi connectivity index (χ4n) is 2.40. The zero-order chi connectivity index (χ0) is 12.6. The molecule has 104 valence electrons. The van der Waals surface area contributed by atoms with Gasteiger partial charge in [-0.05, 0) is 44.5 Å². The number of carbonyl (C=O) groups is 1. The molecule has 18 heavy (non-hydrogen) atoms. The molecule has 0 spiro atoms. The van der Waals surface area contributed by atoms with Gasteiger partial charge in [-0.2, -0.15) is 11.8 Å². The first kappa shape index (κ1) is 14.5. The van der Waals surface area contributed by atoms with Crippen molar-refractivity contribution in [3.05, 3.63) is 0 Å². The maximum atomic E-state index is 11.8. The van der Waals surface area contributed by atoms with Crippen LogP contribution in [0.15, 0.2) is 0 Å². The van der Waals surface area contributed by atoms with Crippen molar-refractivity contribution in [2.24, 2.45) is 0 Å². The Labute approximate surface area is 119 Å². The number of nitrogens with one attached hydrogen (secondary N) is 2. The van der Waals surface area contributed by atoms with E-state index in [1.54, 1.807) is 0 Å². The fourth-order valence-corrected chi connectivity index (χ4v) is 4.70. The molecule has 1 unspecified atom stereocenters. The lowest BCUT2D eigenvalue weighted by molar-refractivity contribution is -0.118. The second-order valence-electron chi connectivity index (χ2n) is 5.05. The molecule has 0 saturated carbocycles. The van der Waals surface area contributed by atoms with Crippen molar-refractivity contribution in [3.63, 3.8) is 0 Å². The van der Waals surface area contributed by atoms with Crippen LogP contribution in [0.25, 0.3) is 0 Å². The zero-order valence-corrected chi connectivity index (χ0v) is 12.6. The summed E-state index contributed by atoms with van der Waals surface area (Å²) in [6.45, 7) is 3.09. The lowest BCUT2D eigenvalue weighted by Crippen LogP contribution is -2.34. The van der Waals surface area contributed by atoms with E-state index in [2.05, 4.69) is 10.6 Å². The molecule has 2 rings (SSSR count). The van der Waals surface area contributed by atoms with Crippen molar-refractivity contribution in [2.45, 2.75) is 42.6 Å². The topological polar surface area (TPSA) is 41.1 Å². The highest BCUT2D eigenvalue weighted by atomic mass is 32.2. The Hall–Kier alpha value is 0.130. The first-order valence-electron chi connectivity index (χ1n) is 7.05. The van der Waals surface area contributed by atoms with Crippen LogP contribution < -0.4 is 10.6 Å². The molecule has 2 aliphatic heterocycles. The molecule has 1 atom stereocenters. The second-order valence-corrected chi connectivity index (χ2v) is 7.75. The molecule has 5 heteroatoms. The Morgan fingerprint density at radius 3 is 2.83 bits per heavy atom. The highest BCUT2D eigenvalue weighted by Gasteiger charge is 2.17. The highest BCUT2D eigenvalue weighted by molar-refractivity contribution is 8.00. The number of piperidine rings is 1. The van der Waals surface area contributed by atoms with Gasteiger partial charge >= 0.3 is 0 Å². The average Bonchev–Trinajstić information content (AvgIpc) is 2.45. The number of thioether (sulfide) groups is 2. The molecule has 0 aromatic heterocycles. The normalized spacial score (nSPS) is 25.9. The first-order valence-corrected chi connectivity index (χ1v) is 9.15. The number of amides is 1. The quantitative estimate of drug-likeness (QED) is 0.810. The van der Waals surface area contributed by atoms with Crippen molar-refractivity contribution in [2.75, 3.05) is 31.1 Å². The molecule has 3 nitrogen and oxygen atoms in total. The smallest absolute Gasteiger partial charge is 0.230 e. The SMILES string of the molecule is O=C(CSC1CCNCC1)NCC1CCCCS1. The van der Waals surface area contributed by atoms with Crippen molar-refractivity contribution >= 4 is 29.4 Å². The van der Waals surface area contributed by atoms with Crippen LogP contribution in [0.5, 0.6) is 0 Å². The fraction of sp³-hybridized carbons (Fsp3) is 0.923. The largest absolute Gasteiger partial charge is 0.354 e.